The highest BCUT2D eigenvalue weighted by atomic mass is 79.9. The Morgan fingerprint density at radius 1 is 0.966 bits per heavy atom. The lowest BCUT2D eigenvalue weighted by atomic mass is 9.82. The van der Waals surface area contributed by atoms with Crippen molar-refractivity contribution in [2.75, 3.05) is 6.54 Å². The Bertz CT molecular complexity index is 1030. The van der Waals surface area contributed by atoms with Crippen LogP contribution < -0.4 is 5.32 Å². The van der Waals surface area contributed by atoms with Crippen molar-refractivity contribution in [3.63, 3.8) is 0 Å². The maximum Gasteiger partial charge on any atom is 0.121 e. The molecular weight excluding hydrogens is 560 g/mol. The third-order valence-corrected chi connectivity index (χ3v) is 6.72. The minimum Gasteiger partial charge on any atom is -0.385 e. The van der Waals surface area contributed by atoms with E-state index in [2.05, 4.69) is 123 Å². The molecule has 3 rings (SSSR count). The first-order chi connectivity index (χ1) is 13.4. The molecule has 0 amide bonds. The zero-order valence-corrected chi connectivity index (χ0v) is 22.4. The molecule has 1 aromatic heterocycles. The van der Waals surface area contributed by atoms with E-state index in [-0.39, 0.29) is 11.0 Å². The van der Waals surface area contributed by atoms with Gasteiger partial charge in [0.05, 0.1) is 17.6 Å². The maximum absolute atomic E-state index is 10.9. The quantitative estimate of drug-likeness (QED) is 0.352. The lowest BCUT2D eigenvalue weighted by molar-refractivity contribution is -0.727. The zero-order chi connectivity index (χ0) is 21.6. The molecule has 2 aromatic carbocycles. The van der Waals surface area contributed by atoms with Crippen LogP contribution in [-0.2, 0) is 6.54 Å². The van der Waals surface area contributed by atoms with Crippen molar-refractivity contribution in [2.24, 2.45) is 5.41 Å². The highest BCUT2D eigenvalue weighted by molar-refractivity contribution is 9.11. The van der Waals surface area contributed by atoms with Crippen molar-refractivity contribution >= 4 is 69.6 Å². The fourth-order valence-electron chi connectivity index (χ4n) is 4.49. The van der Waals surface area contributed by atoms with Gasteiger partial charge in [-0.3, -0.25) is 0 Å². The van der Waals surface area contributed by atoms with Gasteiger partial charge in [0.1, 0.15) is 12.6 Å². The van der Waals surface area contributed by atoms with Crippen molar-refractivity contribution in [1.29, 1.82) is 0 Å². The highest BCUT2D eigenvalue weighted by Crippen LogP contribution is 2.37. The molecule has 0 saturated heterocycles. The van der Waals surface area contributed by atoms with Gasteiger partial charge in [-0.15, -0.1) is 0 Å². The summed E-state index contributed by atoms with van der Waals surface area (Å²) in [5, 5.41) is 15.6. The van der Waals surface area contributed by atoms with Crippen LogP contribution in [0.25, 0.3) is 21.8 Å². The second-order valence-corrected chi connectivity index (χ2v) is 12.6. The van der Waals surface area contributed by atoms with E-state index in [1.54, 1.807) is 0 Å². The molecule has 0 aliphatic heterocycles. The van der Waals surface area contributed by atoms with Crippen LogP contribution in [0.5, 0.6) is 0 Å². The Kier molecular flexibility index (Phi) is 6.92. The van der Waals surface area contributed by atoms with Gasteiger partial charge in [0, 0.05) is 36.1 Å². The van der Waals surface area contributed by atoms with Crippen LogP contribution in [0.3, 0.4) is 0 Å². The molecule has 29 heavy (non-hydrogen) atoms. The predicted molar refractivity (Wildman–Crippen MR) is 133 cm³/mol. The van der Waals surface area contributed by atoms with Crippen LogP contribution in [0.4, 0.5) is 0 Å². The van der Waals surface area contributed by atoms with Crippen molar-refractivity contribution in [3.8, 4) is 0 Å². The first kappa shape index (κ1) is 23.3. The number of nitrogens with two attached hydrogens (primary N) is 1. The summed E-state index contributed by atoms with van der Waals surface area (Å²) in [6, 6.07) is 10.6. The summed E-state index contributed by atoms with van der Waals surface area (Å²) in [6.45, 7) is 12.6. The molecule has 1 heterocycles. The van der Waals surface area contributed by atoms with Crippen LogP contribution >= 0.6 is 47.8 Å². The van der Waals surface area contributed by atoms with Gasteiger partial charge >= 0.3 is 0 Å². The predicted octanol–water partition coefficient (Wildman–Crippen LogP) is 6.22. The molecule has 0 aliphatic rings. The molecule has 0 radical (unpaired) electrons. The number of benzene rings is 2. The van der Waals surface area contributed by atoms with Crippen molar-refractivity contribution in [3.05, 3.63) is 43.7 Å². The van der Waals surface area contributed by atoms with E-state index in [0.717, 1.165) is 30.9 Å². The highest BCUT2D eigenvalue weighted by Gasteiger charge is 2.29. The lowest BCUT2D eigenvalue weighted by Gasteiger charge is -2.31. The second kappa shape index (κ2) is 8.62. The maximum atomic E-state index is 10.9. The first-order valence-electron chi connectivity index (χ1n) is 9.95. The van der Waals surface area contributed by atoms with Gasteiger partial charge in [-0.05, 0) is 65.5 Å². The van der Waals surface area contributed by atoms with Gasteiger partial charge in [-0.25, -0.2) is 0 Å². The van der Waals surface area contributed by atoms with E-state index < -0.39 is 6.10 Å². The van der Waals surface area contributed by atoms with Crippen molar-refractivity contribution in [1.82, 2.24) is 4.57 Å². The Morgan fingerprint density at radius 2 is 1.62 bits per heavy atom. The Morgan fingerprint density at radius 3 is 2.28 bits per heavy atom. The van der Waals surface area contributed by atoms with Crippen LogP contribution in [0.1, 0.15) is 41.0 Å². The third-order valence-electron chi connectivity index (χ3n) is 5.16. The molecule has 3 nitrogen and oxygen atoms in total. The van der Waals surface area contributed by atoms with Crippen LogP contribution in [0.15, 0.2) is 43.7 Å². The Hall–Kier alpha value is -0.400. The van der Waals surface area contributed by atoms with Gasteiger partial charge < -0.3 is 15.0 Å². The summed E-state index contributed by atoms with van der Waals surface area (Å²) in [5.74, 6) is 0. The zero-order valence-electron chi connectivity index (χ0n) is 17.7. The topological polar surface area (TPSA) is 41.8 Å². The van der Waals surface area contributed by atoms with Crippen LogP contribution in [-0.4, -0.2) is 27.9 Å². The van der Waals surface area contributed by atoms with E-state index in [4.69, 9.17) is 0 Å². The minimum absolute atomic E-state index is 0.0936. The average molecular weight is 590 g/mol. The van der Waals surface area contributed by atoms with E-state index in [9.17, 15) is 5.11 Å². The number of halogens is 3. The SMILES string of the molecule is CC(C)(C)CC(C)(C)[NH2+]C[C@@H](O)Cn1c2ccc(Br)cc2c2cc(Br)cc(Br)c21. The van der Waals surface area contributed by atoms with Gasteiger partial charge in [0.2, 0.25) is 0 Å². The number of hydrogen-bond acceptors (Lipinski definition) is 1. The molecule has 6 heteroatoms. The summed E-state index contributed by atoms with van der Waals surface area (Å²) in [5.41, 5.74) is 2.61. The summed E-state index contributed by atoms with van der Waals surface area (Å²) in [4.78, 5) is 0. The van der Waals surface area contributed by atoms with Crippen LogP contribution in [0.2, 0.25) is 0 Å². The fourth-order valence-corrected chi connectivity index (χ4v) is 6.29. The van der Waals surface area contributed by atoms with Crippen molar-refractivity contribution in [2.45, 2.75) is 59.2 Å². The van der Waals surface area contributed by atoms with E-state index in [1.807, 2.05) is 0 Å². The second-order valence-electron chi connectivity index (χ2n) is 9.88. The standard InChI is InChI=1S/C23H29Br3N2O/c1-22(2,3)13-23(4,5)27-11-16(29)12-28-20-7-6-14(24)8-17(20)18-9-15(25)10-19(26)21(18)28/h6-10,16,27,29H,11-13H2,1-5H3/p+1/t16-/m1/s1. The number of aliphatic hydroxyl groups is 1. The number of quaternary nitrogens is 1. The fraction of sp³-hybridized carbons (Fsp3) is 0.478. The van der Waals surface area contributed by atoms with Gasteiger partial charge in [-0.2, -0.15) is 0 Å². The molecule has 0 fully saturated rings. The molecule has 3 aromatic rings. The van der Waals surface area contributed by atoms with Gasteiger partial charge in [-0.1, -0.05) is 52.6 Å². The Labute approximate surface area is 198 Å². The first-order valence-corrected chi connectivity index (χ1v) is 12.3. The van der Waals surface area contributed by atoms with E-state index >= 15 is 0 Å². The monoisotopic (exact) mass is 587 g/mol. The third kappa shape index (κ3) is 5.65. The molecule has 0 spiro atoms. The normalized spacial score (nSPS) is 14.1. The molecule has 0 bridgehead atoms. The molecule has 0 unspecified atom stereocenters. The van der Waals surface area contributed by atoms with E-state index in [0.29, 0.717) is 13.1 Å². The Balaban J connectivity index is 1.91. The average Bonchev–Trinajstić information content (AvgIpc) is 2.84. The van der Waals surface area contributed by atoms with Crippen molar-refractivity contribution < 1.29 is 10.4 Å². The number of fused-ring (bicyclic) bond motifs is 3. The molecule has 158 valence electrons. The molecule has 0 aliphatic carbocycles. The molecule has 3 N–H and O–H groups in total. The summed E-state index contributed by atoms with van der Waals surface area (Å²) in [6.07, 6.45) is 0.655. The summed E-state index contributed by atoms with van der Waals surface area (Å²) < 4.78 is 5.35. The molecule has 0 saturated carbocycles. The van der Waals surface area contributed by atoms with E-state index in [1.165, 1.54) is 10.8 Å². The minimum atomic E-state index is -0.438. The van der Waals surface area contributed by atoms with Gasteiger partial charge in [0.15, 0.2) is 0 Å². The largest absolute Gasteiger partial charge is 0.385 e. The summed E-state index contributed by atoms with van der Waals surface area (Å²) in [7, 11) is 0. The lowest BCUT2D eigenvalue weighted by Crippen LogP contribution is -2.97. The number of nitrogens with zero attached hydrogens (tertiary/aromatic N) is 1. The number of aromatic nitrogens is 1. The van der Waals surface area contributed by atoms with Gasteiger partial charge in [0.25, 0.3) is 0 Å². The number of rotatable bonds is 6. The number of hydrogen-bond donors (Lipinski definition) is 2. The molecular formula is C23H30Br3N2O+. The smallest absolute Gasteiger partial charge is 0.121 e. The molecule has 1 atom stereocenters. The van der Waals surface area contributed by atoms with Crippen LogP contribution in [0, 0.1) is 5.41 Å². The number of aliphatic hydroxyl groups excluding tert-OH is 1. The summed E-state index contributed by atoms with van der Waals surface area (Å²) >= 11 is 10.9.